The van der Waals surface area contributed by atoms with Crippen LogP contribution in [0.2, 0.25) is 0 Å². The highest BCUT2D eigenvalue weighted by molar-refractivity contribution is 8.00. The maximum atomic E-state index is 12.9. The fourth-order valence-electron chi connectivity index (χ4n) is 3.94. The summed E-state index contributed by atoms with van der Waals surface area (Å²) in [6.45, 7) is 6.61. The number of carbonyl (C=O) groups is 1. The third-order valence-corrected chi connectivity index (χ3v) is 7.98. The molecule has 6 heteroatoms. The van der Waals surface area contributed by atoms with E-state index in [2.05, 4.69) is 34.7 Å². The van der Waals surface area contributed by atoms with Gasteiger partial charge in [0.25, 0.3) is 5.91 Å². The quantitative estimate of drug-likeness (QED) is 0.325. The molecule has 1 N–H and O–H groups in total. The first kappa shape index (κ1) is 21.5. The lowest BCUT2D eigenvalue weighted by atomic mass is 9.99. The number of piperidine rings is 1. The Morgan fingerprint density at radius 2 is 2.03 bits per heavy atom. The molecule has 0 radical (unpaired) electrons. The van der Waals surface area contributed by atoms with Crippen molar-refractivity contribution in [2.24, 2.45) is 5.92 Å². The van der Waals surface area contributed by atoms with E-state index in [0.717, 1.165) is 47.6 Å². The number of hydrogen-bond acceptors (Lipinski definition) is 5. The normalized spacial score (nSPS) is 15.6. The number of thioether (sulfide) groups is 1. The molecule has 0 unspecified atom stereocenters. The van der Waals surface area contributed by atoms with Crippen LogP contribution in [-0.2, 0) is 5.75 Å². The lowest BCUT2D eigenvalue weighted by molar-refractivity contribution is 0.0925. The molecule has 0 spiro atoms. The Morgan fingerprint density at radius 3 is 2.83 bits per heavy atom. The van der Waals surface area contributed by atoms with Crippen LogP contribution in [0.15, 0.2) is 50.4 Å². The van der Waals surface area contributed by atoms with Gasteiger partial charge in [-0.25, -0.2) is 0 Å². The van der Waals surface area contributed by atoms with E-state index in [-0.39, 0.29) is 5.91 Å². The Balaban J connectivity index is 1.31. The first-order chi connectivity index (χ1) is 14.7. The highest BCUT2D eigenvalue weighted by atomic mass is 32.2. The zero-order valence-electron chi connectivity index (χ0n) is 17.6. The molecule has 0 aliphatic carbocycles. The Morgan fingerprint density at radius 1 is 1.20 bits per heavy atom. The van der Waals surface area contributed by atoms with E-state index in [4.69, 9.17) is 4.42 Å². The summed E-state index contributed by atoms with van der Waals surface area (Å²) in [6.07, 6.45) is 4.75. The van der Waals surface area contributed by atoms with Gasteiger partial charge in [0, 0.05) is 23.2 Å². The van der Waals surface area contributed by atoms with Gasteiger partial charge in [-0.3, -0.25) is 4.79 Å². The molecule has 3 aromatic rings. The molecule has 1 aromatic carbocycles. The average Bonchev–Trinajstić information content (AvgIpc) is 3.41. The van der Waals surface area contributed by atoms with Gasteiger partial charge in [0.15, 0.2) is 5.76 Å². The smallest absolute Gasteiger partial charge is 0.287 e. The number of likely N-dealkylation sites (tertiary alicyclic amines) is 1. The number of benzene rings is 1. The van der Waals surface area contributed by atoms with Crippen molar-refractivity contribution >= 4 is 40.0 Å². The Bertz CT molecular complexity index is 943. The molecule has 4 nitrogen and oxygen atoms in total. The summed E-state index contributed by atoms with van der Waals surface area (Å²) in [6, 6.07) is 12.1. The Hall–Kier alpha value is -1.76. The molecule has 0 atom stereocenters. The molecule has 1 aliphatic rings. The summed E-state index contributed by atoms with van der Waals surface area (Å²) >= 11 is 3.48. The number of nitrogens with zero attached hydrogens (tertiary/aromatic N) is 1. The van der Waals surface area contributed by atoms with E-state index in [9.17, 15) is 4.79 Å². The van der Waals surface area contributed by atoms with Crippen LogP contribution in [0.1, 0.15) is 48.7 Å². The van der Waals surface area contributed by atoms with Gasteiger partial charge in [0.1, 0.15) is 5.58 Å². The number of fused-ring (bicyclic) bond motifs is 1. The minimum atomic E-state index is -0.0974. The van der Waals surface area contributed by atoms with Gasteiger partial charge in [0.2, 0.25) is 0 Å². The molecule has 1 aliphatic heterocycles. The molecule has 1 saturated heterocycles. The maximum absolute atomic E-state index is 12.9. The number of hydrogen-bond donors (Lipinski definition) is 1. The van der Waals surface area contributed by atoms with Crippen LogP contribution >= 0.6 is 23.1 Å². The van der Waals surface area contributed by atoms with Gasteiger partial charge >= 0.3 is 0 Å². The van der Waals surface area contributed by atoms with Gasteiger partial charge in [0.05, 0.1) is 4.21 Å². The Labute approximate surface area is 187 Å². The van der Waals surface area contributed by atoms with E-state index in [1.165, 1.54) is 30.1 Å². The molecular weight excluding hydrogens is 412 g/mol. The van der Waals surface area contributed by atoms with Crippen molar-refractivity contribution in [3.63, 3.8) is 0 Å². The van der Waals surface area contributed by atoms with Crippen LogP contribution in [0.3, 0.4) is 0 Å². The minimum Gasteiger partial charge on any atom is -0.451 e. The van der Waals surface area contributed by atoms with Gasteiger partial charge in [-0.15, -0.1) is 23.1 Å². The lowest BCUT2D eigenvalue weighted by Crippen LogP contribution is -2.34. The van der Waals surface area contributed by atoms with Crippen molar-refractivity contribution < 1.29 is 9.21 Å². The molecule has 30 heavy (non-hydrogen) atoms. The highest BCUT2D eigenvalue weighted by Gasteiger charge is 2.20. The summed E-state index contributed by atoms with van der Waals surface area (Å²) in [7, 11) is 0. The average molecular weight is 443 g/mol. The zero-order chi connectivity index (χ0) is 20.8. The zero-order valence-corrected chi connectivity index (χ0v) is 19.2. The summed E-state index contributed by atoms with van der Waals surface area (Å²) in [5.41, 5.74) is 1.77. The second-order valence-corrected chi connectivity index (χ2v) is 10.3. The summed E-state index contributed by atoms with van der Waals surface area (Å²) in [5.74, 6) is 1.97. The fourth-order valence-corrected chi connectivity index (χ4v) is 5.75. The van der Waals surface area contributed by atoms with Crippen LogP contribution in [0.5, 0.6) is 0 Å². The van der Waals surface area contributed by atoms with Gasteiger partial charge in [-0.05, 0) is 68.7 Å². The topological polar surface area (TPSA) is 45.5 Å². The molecule has 0 bridgehead atoms. The number of para-hydroxylation sites is 1. The summed E-state index contributed by atoms with van der Waals surface area (Å²) in [4.78, 5) is 15.4. The number of amides is 1. The third-order valence-electron chi connectivity index (χ3n) is 5.82. The highest BCUT2D eigenvalue weighted by Crippen LogP contribution is 2.33. The predicted molar refractivity (Wildman–Crippen MR) is 126 cm³/mol. The first-order valence-corrected chi connectivity index (χ1v) is 12.7. The van der Waals surface area contributed by atoms with Gasteiger partial charge in [-0.2, -0.15) is 0 Å². The van der Waals surface area contributed by atoms with Crippen molar-refractivity contribution in [2.45, 2.75) is 42.6 Å². The minimum absolute atomic E-state index is 0.0974. The third kappa shape index (κ3) is 5.48. The molecule has 3 heterocycles. The van der Waals surface area contributed by atoms with E-state index >= 15 is 0 Å². The molecule has 1 fully saturated rings. The second kappa shape index (κ2) is 10.5. The van der Waals surface area contributed by atoms with E-state index in [1.807, 2.05) is 24.3 Å². The van der Waals surface area contributed by atoms with Crippen molar-refractivity contribution in [2.75, 3.05) is 26.2 Å². The molecule has 1 amide bonds. The fraction of sp³-hybridized carbons (Fsp3) is 0.458. The summed E-state index contributed by atoms with van der Waals surface area (Å²) < 4.78 is 7.21. The largest absolute Gasteiger partial charge is 0.451 e. The number of unbranched alkanes of at least 4 members (excludes halogenated alkanes) is 1. The molecular formula is C24H30N2O2S2. The van der Waals surface area contributed by atoms with Crippen LogP contribution in [-0.4, -0.2) is 37.0 Å². The van der Waals surface area contributed by atoms with Crippen molar-refractivity contribution in [3.05, 3.63) is 53.1 Å². The molecule has 2 aromatic heterocycles. The van der Waals surface area contributed by atoms with Crippen LogP contribution in [0, 0.1) is 5.92 Å². The van der Waals surface area contributed by atoms with E-state index < -0.39 is 0 Å². The van der Waals surface area contributed by atoms with Crippen LogP contribution in [0.25, 0.3) is 11.0 Å². The van der Waals surface area contributed by atoms with Gasteiger partial charge in [-0.1, -0.05) is 31.2 Å². The first-order valence-electron chi connectivity index (χ1n) is 10.9. The summed E-state index contributed by atoms with van der Waals surface area (Å²) in [5, 5.41) is 6.19. The number of rotatable bonds is 9. The molecule has 160 valence electrons. The SMILES string of the molecule is CC1CCN(CCCCNC(=O)c2oc3ccccc3c2CSc2cccs2)CC1. The maximum Gasteiger partial charge on any atom is 0.287 e. The van der Waals surface area contributed by atoms with Crippen molar-refractivity contribution in [1.82, 2.24) is 10.2 Å². The van der Waals surface area contributed by atoms with Crippen LogP contribution in [0.4, 0.5) is 0 Å². The number of thiophene rings is 1. The molecule has 4 rings (SSSR count). The van der Waals surface area contributed by atoms with E-state index in [1.54, 1.807) is 23.1 Å². The number of carbonyl (C=O) groups excluding carboxylic acids is 1. The lowest BCUT2D eigenvalue weighted by Gasteiger charge is -2.30. The van der Waals surface area contributed by atoms with E-state index in [0.29, 0.717) is 12.3 Å². The number of furan rings is 1. The van der Waals surface area contributed by atoms with Crippen molar-refractivity contribution in [3.8, 4) is 0 Å². The van der Waals surface area contributed by atoms with Crippen LogP contribution < -0.4 is 5.32 Å². The Kier molecular flexibility index (Phi) is 7.52. The molecule has 0 saturated carbocycles. The standard InChI is InChI=1S/C24H30N2O2S2/c1-18-10-14-26(15-11-18)13-5-4-12-25-24(27)23-20(17-30-22-9-6-16-29-22)19-7-2-3-8-21(19)28-23/h2-3,6-9,16,18H,4-5,10-15,17H2,1H3,(H,25,27). The second-order valence-electron chi connectivity index (χ2n) is 8.11. The van der Waals surface area contributed by atoms with Crippen molar-refractivity contribution in [1.29, 1.82) is 0 Å². The van der Waals surface area contributed by atoms with Gasteiger partial charge < -0.3 is 14.6 Å². The number of nitrogens with one attached hydrogen (secondary N) is 1. The predicted octanol–water partition coefficient (Wildman–Crippen LogP) is 6.03. The monoisotopic (exact) mass is 442 g/mol.